The number of fused-ring (bicyclic) bond motifs is 1. The van der Waals surface area contributed by atoms with Crippen LogP contribution < -0.4 is 5.32 Å². The van der Waals surface area contributed by atoms with E-state index in [0.717, 1.165) is 16.8 Å². The van der Waals surface area contributed by atoms with Crippen molar-refractivity contribution in [2.45, 2.75) is 19.9 Å². The quantitative estimate of drug-likeness (QED) is 0.544. The Morgan fingerprint density at radius 3 is 2.65 bits per heavy atom. The van der Waals surface area contributed by atoms with Gasteiger partial charge in [0.2, 0.25) is 5.28 Å². The fourth-order valence-corrected chi connectivity index (χ4v) is 2.88. The molecule has 1 aromatic carbocycles. The molecule has 0 saturated heterocycles. The average molecular weight is 366 g/mol. The SMILES string of the molecule is CC(C)n1cnc2c(Nc3cccc(-c4cncnc4)c3)nc(Cl)nc21. The first-order valence-corrected chi connectivity index (χ1v) is 8.52. The van der Waals surface area contributed by atoms with Gasteiger partial charge in [-0.2, -0.15) is 9.97 Å². The molecule has 7 nitrogen and oxygen atoms in total. The van der Waals surface area contributed by atoms with Crippen molar-refractivity contribution in [2.75, 3.05) is 5.32 Å². The predicted octanol–water partition coefficient (Wildman–Crippen LogP) is 4.26. The Balaban J connectivity index is 1.74. The molecule has 0 bridgehead atoms. The molecule has 0 atom stereocenters. The van der Waals surface area contributed by atoms with Gasteiger partial charge in [-0.25, -0.2) is 15.0 Å². The van der Waals surface area contributed by atoms with Crippen LogP contribution in [0.5, 0.6) is 0 Å². The topological polar surface area (TPSA) is 81.4 Å². The minimum atomic E-state index is 0.176. The van der Waals surface area contributed by atoms with E-state index in [0.29, 0.717) is 17.0 Å². The Labute approximate surface area is 155 Å². The highest BCUT2D eigenvalue weighted by atomic mass is 35.5. The molecular formula is C18H16ClN7. The van der Waals surface area contributed by atoms with E-state index in [1.165, 1.54) is 6.33 Å². The second-order valence-corrected chi connectivity index (χ2v) is 6.43. The highest BCUT2D eigenvalue weighted by Gasteiger charge is 2.14. The van der Waals surface area contributed by atoms with Gasteiger partial charge in [-0.15, -0.1) is 0 Å². The molecule has 26 heavy (non-hydrogen) atoms. The number of anilines is 2. The Morgan fingerprint density at radius 1 is 1.08 bits per heavy atom. The molecule has 3 heterocycles. The molecule has 130 valence electrons. The van der Waals surface area contributed by atoms with Crippen LogP contribution in [0.4, 0.5) is 11.5 Å². The third-order valence-corrected chi connectivity index (χ3v) is 4.14. The van der Waals surface area contributed by atoms with Crippen LogP contribution >= 0.6 is 11.6 Å². The van der Waals surface area contributed by atoms with Crippen molar-refractivity contribution in [3.63, 3.8) is 0 Å². The van der Waals surface area contributed by atoms with Gasteiger partial charge < -0.3 is 9.88 Å². The Kier molecular flexibility index (Phi) is 4.22. The van der Waals surface area contributed by atoms with E-state index >= 15 is 0 Å². The molecule has 8 heteroatoms. The lowest BCUT2D eigenvalue weighted by Gasteiger charge is -2.10. The van der Waals surface area contributed by atoms with Gasteiger partial charge in [0.15, 0.2) is 17.0 Å². The fourth-order valence-electron chi connectivity index (χ4n) is 2.72. The van der Waals surface area contributed by atoms with Crippen molar-refractivity contribution in [1.29, 1.82) is 0 Å². The van der Waals surface area contributed by atoms with Gasteiger partial charge in [-0.3, -0.25) is 0 Å². The summed E-state index contributed by atoms with van der Waals surface area (Å²) in [6.07, 6.45) is 6.81. The summed E-state index contributed by atoms with van der Waals surface area (Å²) in [6.45, 7) is 4.13. The summed E-state index contributed by atoms with van der Waals surface area (Å²) in [4.78, 5) is 21.2. The van der Waals surface area contributed by atoms with Gasteiger partial charge in [0.1, 0.15) is 6.33 Å². The van der Waals surface area contributed by atoms with Gasteiger partial charge in [0, 0.05) is 29.7 Å². The highest BCUT2D eigenvalue weighted by Crippen LogP contribution is 2.28. The van der Waals surface area contributed by atoms with Crippen molar-refractivity contribution in [3.8, 4) is 11.1 Å². The first-order chi connectivity index (χ1) is 12.6. The lowest BCUT2D eigenvalue weighted by molar-refractivity contribution is 0.612. The van der Waals surface area contributed by atoms with Crippen LogP contribution in [0.3, 0.4) is 0 Å². The van der Waals surface area contributed by atoms with Gasteiger partial charge >= 0.3 is 0 Å². The van der Waals surface area contributed by atoms with E-state index in [1.807, 2.05) is 28.8 Å². The molecule has 0 aliphatic heterocycles. The zero-order chi connectivity index (χ0) is 18.1. The number of imidazole rings is 1. The van der Waals surface area contributed by atoms with Crippen LogP contribution in [-0.4, -0.2) is 29.5 Å². The molecule has 0 fully saturated rings. The van der Waals surface area contributed by atoms with Crippen LogP contribution in [0.1, 0.15) is 19.9 Å². The molecule has 4 rings (SSSR count). The first-order valence-electron chi connectivity index (χ1n) is 8.14. The summed E-state index contributed by atoms with van der Waals surface area (Å²) < 4.78 is 1.96. The Hall–Kier alpha value is -3.06. The van der Waals surface area contributed by atoms with Crippen LogP contribution in [0.15, 0.2) is 49.3 Å². The number of benzene rings is 1. The number of hydrogen-bond donors (Lipinski definition) is 1. The normalized spacial score (nSPS) is 11.2. The molecule has 0 saturated carbocycles. The van der Waals surface area contributed by atoms with Gasteiger partial charge in [0.25, 0.3) is 0 Å². The number of nitrogens with zero attached hydrogens (tertiary/aromatic N) is 6. The lowest BCUT2D eigenvalue weighted by Crippen LogP contribution is -2.02. The predicted molar refractivity (Wildman–Crippen MR) is 101 cm³/mol. The smallest absolute Gasteiger partial charge is 0.226 e. The molecule has 0 aliphatic carbocycles. The van der Waals surface area contributed by atoms with E-state index in [-0.39, 0.29) is 11.3 Å². The van der Waals surface area contributed by atoms with Crippen molar-refractivity contribution >= 4 is 34.3 Å². The summed E-state index contributed by atoms with van der Waals surface area (Å²) in [5.41, 5.74) is 4.18. The average Bonchev–Trinajstić information content (AvgIpc) is 3.07. The molecule has 0 unspecified atom stereocenters. The first kappa shape index (κ1) is 16.4. The second kappa shape index (κ2) is 6.68. The minimum absolute atomic E-state index is 0.176. The van der Waals surface area contributed by atoms with E-state index < -0.39 is 0 Å². The van der Waals surface area contributed by atoms with E-state index in [9.17, 15) is 0 Å². The lowest BCUT2D eigenvalue weighted by atomic mass is 10.1. The van der Waals surface area contributed by atoms with Crippen molar-refractivity contribution in [2.24, 2.45) is 0 Å². The molecule has 0 spiro atoms. The molecule has 3 aromatic heterocycles. The molecule has 0 radical (unpaired) electrons. The number of halogens is 1. The summed E-state index contributed by atoms with van der Waals surface area (Å²) in [5.74, 6) is 0.570. The van der Waals surface area contributed by atoms with Crippen LogP contribution in [0.25, 0.3) is 22.3 Å². The Bertz CT molecular complexity index is 1060. The van der Waals surface area contributed by atoms with E-state index in [2.05, 4.69) is 44.1 Å². The zero-order valence-electron chi connectivity index (χ0n) is 14.3. The zero-order valence-corrected chi connectivity index (χ0v) is 15.0. The summed E-state index contributed by atoms with van der Waals surface area (Å²) in [6, 6.07) is 8.13. The van der Waals surface area contributed by atoms with Crippen LogP contribution in [-0.2, 0) is 0 Å². The van der Waals surface area contributed by atoms with Crippen molar-refractivity contribution < 1.29 is 0 Å². The van der Waals surface area contributed by atoms with Crippen LogP contribution in [0.2, 0.25) is 5.28 Å². The third-order valence-electron chi connectivity index (χ3n) is 3.97. The second-order valence-electron chi connectivity index (χ2n) is 6.09. The molecule has 4 aromatic rings. The molecule has 0 amide bonds. The van der Waals surface area contributed by atoms with E-state index in [4.69, 9.17) is 11.6 Å². The number of aromatic nitrogens is 6. The summed E-state index contributed by atoms with van der Waals surface area (Å²) >= 11 is 6.13. The minimum Gasteiger partial charge on any atom is -0.338 e. The van der Waals surface area contributed by atoms with Crippen molar-refractivity contribution in [1.82, 2.24) is 29.5 Å². The maximum atomic E-state index is 6.13. The molecular weight excluding hydrogens is 350 g/mol. The van der Waals surface area contributed by atoms with Gasteiger partial charge in [-0.05, 0) is 43.1 Å². The fraction of sp³-hybridized carbons (Fsp3) is 0.167. The summed E-state index contributed by atoms with van der Waals surface area (Å²) in [7, 11) is 0. The van der Waals surface area contributed by atoms with Crippen LogP contribution in [0, 0.1) is 0 Å². The monoisotopic (exact) mass is 365 g/mol. The van der Waals surface area contributed by atoms with Crippen molar-refractivity contribution in [3.05, 3.63) is 54.6 Å². The van der Waals surface area contributed by atoms with E-state index in [1.54, 1.807) is 18.7 Å². The number of hydrogen-bond acceptors (Lipinski definition) is 6. The maximum absolute atomic E-state index is 6.13. The number of nitrogens with one attached hydrogen (secondary N) is 1. The largest absolute Gasteiger partial charge is 0.338 e. The number of rotatable bonds is 4. The summed E-state index contributed by atoms with van der Waals surface area (Å²) in [5, 5.41) is 3.47. The maximum Gasteiger partial charge on any atom is 0.226 e. The highest BCUT2D eigenvalue weighted by molar-refractivity contribution is 6.28. The standard InChI is InChI=1S/C18H16ClN7/c1-11(2)26-10-22-15-16(24-18(19)25-17(15)26)23-14-5-3-4-12(6-14)13-7-20-9-21-8-13/h3-11H,1-2H3,(H,23,24,25). The molecule has 1 N–H and O–H groups in total. The third kappa shape index (κ3) is 3.09. The van der Waals surface area contributed by atoms with Gasteiger partial charge in [-0.1, -0.05) is 12.1 Å². The Morgan fingerprint density at radius 2 is 1.88 bits per heavy atom. The van der Waals surface area contributed by atoms with Gasteiger partial charge in [0.05, 0.1) is 6.33 Å². The molecule has 0 aliphatic rings.